The molecular weight excluding hydrogens is 228 g/mol. The van der Waals surface area contributed by atoms with Crippen molar-refractivity contribution in [2.24, 2.45) is 5.92 Å². The first-order valence-electron chi connectivity index (χ1n) is 5.28. The summed E-state index contributed by atoms with van der Waals surface area (Å²) in [5.41, 5.74) is 3.32. The molecule has 0 bridgehead atoms. The summed E-state index contributed by atoms with van der Waals surface area (Å²) in [6, 6.07) is -2.21. The highest BCUT2D eigenvalue weighted by Crippen LogP contribution is 2.04. The molecule has 0 aromatic rings. The van der Waals surface area contributed by atoms with Crippen molar-refractivity contribution in [2.45, 2.75) is 38.8 Å². The standard InChI is InChI=1S/C10H18N2O5/c1-5(2)3-7(10(16)17)12-9(15)6(11)4-8(13)14/h5-7H,3-4,11H2,1-2H3,(H,12,15)(H,13,14)(H,16,17)/p-1/t6-,7-/m0/s1. The Morgan fingerprint density at radius 3 is 2.12 bits per heavy atom. The molecule has 17 heavy (non-hydrogen) atoms. The number of amides is 1. The average Bonchev–Trinajstić information content (AvgIpc) is 2.14. The number of hydrogen-bond acceptors (Lipinski definition) is 5. The number of quaternary nitrogens is 1. The topological polar surface area (TPSA) is 137 Å². The van der Waals surface area contributed by atoms with Crippen LogP contribution in [-0.2, 0) is 14.4 Å². The molecule has 0 unspecified atom stereocenters. The van der Waals surface area contributed by atoms with E-state index in [1.54, 1.807) is 13.8 Å². The van der Waals surface area contributed by atoms with Crippen molar-refractivity contribution in [1.82, 2.24) is 5.32 Å². The second kappa shape index (κ2) is 6.85. The molecule has 0 aliphatic rings. The third-order valence-corrected chi connectivity index (χ3v) is 2.09. The predicted molar refractivity (Wildman–Crippen MR) is 52.7 cm³/mol. The molecule has 0 saturated carbocycles. The summed E-state index contributed by atoms with van der Waals surface area (Å²) in [6.45, 7) is 3.59. The normalized spacial score (nSPS) is 14.1. The van der Waals surface area contributed by atoms with Gasteiger partial charge in [0.05, 0.1) is 12.0 Å². The first-order chi connectivity index (χ1) is 7.73. The molecule has 0 fully saturated rings. The lowest BCUT2D eigenvalue weighted by atomic mass is 10.0. The maximum atomic E-state index is 11.4. The van der Waals surface area contributed by atoms with Gasteiger partial charge >= 0.3 is 0 Å². The van der Waals surface area contributed by atoms with Gasteiger partial charge in [0.15, 0.2) is 6.04 Å². The van der Waals surface area contributed by atoms with Gasteiger partial charge < -0.3 is 30.9 Å². The van der Waals surface area contributed by atoms with Crippen LogP contribution in [0.1, 0.15) is 26.7 Å². The Labute approximate surface area is 99.0 Å². The monoisotopic (exact) mass is 245 g/mol. The maximum absolute atomic E-state index is 11.4. The molecule has 0 aliphatic carbocycles. The van der Waals surface area contributed by atoms with E-state index in [0.29, 0.717) is 0 Å². The molecule has 7 heteroatoms. The first kappa shape index (κ1) is 15.4. The number of hydrogen-bond donors (Lipinski definition) is 2. The molecule has 98 valence electrons. The van der Waals surface area contributed by atoms with E-state index in [4.69, 9.17) is 0 Å². The minimum Gasteiger partial charge on any atom is -0.550 e. The summed E-state index contributed by atoms with van der Waals surface area (Å²) in [5.74, 6) is -3.48. The highest BCUT2D eigenvalue weighted by molar-refractivity contribution is 5.87. The van der Waals surface area contributed by atoms with Crippen LogP contribution < -0.4 is 21.3 Å². The summed E-state index contributed by atoms with van der Waals surface area (Å²) in [4.78, 5) is 32.4. The van der Waals surface area contributed by atoms with Crippen LogP contribution in [0.3, 0.4) is 0 Å². The van der Waals surface area contributed by atoms with Gasteiger partial charge in [-0.15, -0.1) is 0 Å². The van der Waals surface area contributed by atoms with Crippen LogP contribution in [0.5, 0.6) is 0 Å². The maximum Gasteiger partial charge on any atom is 0.279 e. The Morgan fingerprint density at radius 2 is 1.76 bits per heavy atom. The minimum absolute atomic E-state index is 0.0580. The van der Waals surface area contributed by atoms with Gasteiger partial charge in [0.2, 0.25) is 0 Å². The van der Waals surface area contributed by atoms with Gasteiger partial charge in [0.25, 0.3) is 5.91 Å². The Morgan fingerprint density at radius 1 is 1.24 bits per heavy atom. The van der Waals surface area contributed by atoms with E-state index in [0.717, 1.165) is 0 Å². The first-order valence-corrected chi connectivity index (χ1v) is 5.28. The molecular formula is C10H17N2O5-. The zero-order valence-electron chi connectivity index (χ0n) is 9.89. The summed E-state index contributed by atoms with van der Waals surface area (Å²) < 4.78 is 0. The molecule has 0 aliphatic heterocycles. The molecule has 1 amide bonds. The fourth-order valence-electron chi connectivity index (χ4n) is 1.27. The van der Waals surface area contributed by atoms with Crippen molar-refractivity contribution in [3.8, 4) is 0 Å². The van der Waals surface area contributed by atoms with Crippen LogP contribution in [0, 0.1) is 5.92 Å². The highest BCUT2D eigenvalue weighted by Gasteiger charge is 2.22. The molecule has 2 atom stereocenters. The fourth-order valence-corrected chi connectivity index (χ4v) is 1.27. The van der Waals surface area contributed by atoms with E-state index in [-0.39, 0.29) is 12.3 Å². The highest BCUT2D eigenvalue weighted by atomic mass is 16.4. The molecule has 0 saturated heterocycles. The Kier molecular flexibility index (Phi) is 6.19. The number of nitrogens with one attached hydrogen (secondary N) is 1. The molecule has 7 nitrogen and oxygen atoms in total. The summed E-state index contributed by atoms with van der Waals surface area (Å²) in [6.07, 6.45) is -0.334. The molecule has 0 aromatic carbocycles. The Bertz CT molecular complexity index is 303. The van der Waals surface area contributed by atoms with Crippen LogP contribution in [0.25, 0.3) is 0 Å². The van der Waals surface area contributed by atoms with Gasteiger partial charge in [-0.3, -0.25) is 4.79 Å². The number of carboxylic acid groups (broad SMARTS) is 2. The van der Waals surface area contributed by atoms with E-state index in [2.05, 4.69) is 11.1 Å². The van der Waals surface area contributed by atoms with E-state index >= 15 is 0 Å². The van der Waals surface area contributed by atoms with Gasteiger partial charge in [-0.1, -0.05) is 13.8 Å². The van der Waals surface area contributed by atoms with E-state index < -0.39 is 36.4 Å². The number of carboxylic acids is 2. The van der Waals surface area contributed by atoms with Gasteiger partial charge in [-0.2, -0.15) is 0 Å². The third kappa shape index (κ3) is 6.52. The van der Waals surface area contributed by atoms with Gasteiger partial charge in [-0.25, -0.2) is 0 Å². The van der Waals surface area contributed by atoms with Gasteiger partial charge in [0, 0.05) is 12.4 Å². The molecule has 0 radical (unpaired) electrons. The summed E-state index contributed by atoms with van der Waals surface area (Å²) in [7, 11) is 0. The van der Waals surface area contributed by atoms with Crippen LogP contribution >= 0.6 is 0 Å². The smallest absolute Gasteiger partial charge is 0.279 e. The van der Waals surface area contributed by atoms with E-state index in [1.165, 1.54) is 0 Å². The molecule has 0 aromatic heterocycles. The average molecular weight is 245 g/mol. The third-order valence-electron chi connectivity index (χ3n) is 2.09. The number of aliphatic carboxylic acids is 2. The second-order valence-corrected chi connectivity index (χ2v) is 4.28. The van der Waals surface area contributed by atoms with Crippen LogP contribution in [0.2, 0.25) is 0 Å². The predicted octanol–water partition coefficient (Wildman–Crippen LogP) is -3.98. The second-order valence-electron chi connectivity index (χ2n) is 4.28. The lowest BCUT2D eigenvalue weighted by molar-refractivity contribution is -0.408. The SMILES string of the molecule is CC(C)C[C@H](NC(=O)[C@@H]([NH3+])CC(=O)[O-])C(=O)[O-]. The summed E-state index contributed by atoms with van der Waals surface area (Å²) >= 11 is 0. The molecule has 0 spiro atoms. The number of rotatable bonds is 7. The van der Waals surface area contributed by atoms with E-state index in [1.807, 2.05) is 0 Å². The van der Waals surface area contributed by atoms with Crippen LogP contribution in [0.4, 0.5) is 0 Å². The van der Waals surface area contributed by atoms with Crippen molar-refractivity contribution in [1.29, 1.82) is 0 Å². The van der Waals surface area contributed by atoms with Crippen LogP contribution in [-0.4, -0.2) is 29.9 Å². The van der Waals surface area contributed by atoms with Crippen molar-refractivity contribution < 1.29 is 30.3 Å². The molecule has 0 rings (SSSR count). The van der Waals surface area contributed by atoms with Gasteiger partial charge in [-0.05, 0) is 12.3 Å². The largest absolute Gasteiger partial charge is 0.550 e. The quantitative estimate of drug-likeness (QED) is 0.471. The summed E-state index contributed by atoms with van der Waals surface area (Å²) in [5, 5.41) is 23.2. The minimum atomic E-state index is -1.41. The number of carbonyl (C=O) groups excluding carboxylic acids is 3. The fraction of sp³-hybridized carbons (Fsp3) is 0.700. The Balaban J connectivity index is 4.39. The molecule has 0 heterocycles. The van der Waals surface area contributed by atoms with Gasteiger partial charge in [0.1, 0.15) is 0 Å². The number of carbonyl (C=O) groups is 3. The molecule has 4 N–H and O–H groups in total. The zero-order chi connectivity index (χ0) is 13.6. The Hall–Kier alpha value is -1.63. The van der Waals surface area contributed by atoms with Crippen molar-refractivity contribution in [2.75, 3.05) is 0 Å². The van der Waals surface area contributed by atoms with Crippen molar-refractivity contribution in [3.05, 3.63) is 0 Å². The lowest BCUT2D eigenvalue weighted by Crippen LogP contribution is -2.70. The van der Waals surface area contributed by atoms with Crippen LogP contribution in [0.15, 0.2) is 0 Å². The van der Waals surface area contributed by atoms with Crippen molar-refractivity contribution in [3.63, 3.8) is 0 Å². The van der Waals surface area contributed by atoms with E-state index in [9.17, 15) is 24.6 Å². The zero-order valence-corrected chi connectivity index (χ0v) is 9.89. The lowest BCUT2D eigenvalue weighted by Gasteiger charge is -2.22. The van der Waals surface area contributed by atoms with Crippen molar-refractivity contribution >= 4 is 17.8 Å².